The second kappa shape index (κ2) is 13.9. The molecule has 2 unspecified atom stereocenters. The van der Waals surface area contributed by atoms with Crippen LogP contribution in [0.4, 0.5) is 0 Å². The second-order valence-electron chi connectivity index (χ2n) is 6.02. The van der Waals surface area contributed by atoms with Gasteiger partial charge in [0.25, 0.3) is 0 Å². The van der Waals surface area contributed by atoms with Gasteiger partial charge in [-0.2, -0.15) is 0 Å². The zero-order chi connectivity index (χ0) is 14.3. The fourth-order valence-corrected chi connectivity index (χ4v) is 3.29. The van der Waals surface area contributed by atoms with E-state index in [1.54, 1.807) is 0 Å². The largest absolute Gasteiger partial charge is 0.512 e. The topological polar surface area (TPSA) is 28.2 Å². The molecule has 2 heteroatoms. The molecular formula is C17H34N2. The SMILES string of the molecule is CCCCCCCC[NH+]1CCCC(CCC)C1.[C-]#N. The van der Waals surface area contributed by atoms with Crippen LogP contribution in [0.3, 0.4) is 0 Å². The van der Waals surface area contributed by atoms with E-state index < -0.39 is 0 Å². The summed E-state index contributed by atoms with van der Waals surface area (Å²) in [6.07, 6.45) is 14.5. The van der Waals surface area contributed by atoms with Crippen LogP contribution in [0.15, 0.2) is 0 Å². The van der Waals surface area contributed by atoms with Crippen molar-refractivity contribution in [2.45, 2.75) is 78.1 Å². The normalized spacial score (nSPS) is 22.5. The molecule has 1 saturated heterocycles. The van der Waals surface area contributed by atoms with Crippen LogP contribution in [0, 0.1) is 17.8 Å². The second-order valence-corrected chi connectivity index (χ2v) is 6.02. The number of rotatable bonds is 9. The van der Waals surface area contributed by atoms with E-state index in [9.17, 15) is 0 Å². The molecule has 1 N–H and O–H groups in total. The van der Waals surface area contributed by atoms with Crippen molar-refractivity contribution < 1.29 is 4.90 Å². The predicted octanol–water partition coefficient (Wildman–Crippen LogP) is 3.54. The van der Waals surface area contributed by atoms with Gasteiger partial charge >= 0.3 is 0 Å². The molecule has 1 fully saturated rings. The van der Waals surface area contributed by atoms with Crippen molar-refractivity contribution in [3.63, 3.8) is 0 Å². The average molecular weight is 266 g/mol. The van der Waals surface area contributed by atoms with Gasteiger partial charge in [0.2, 0.25) is 0 Å². The smallest absolute Gasteiger partial charge is 0.0799 e. The van der Waals surface area contributed by atoms with Gasteiger partial charge in [0, 0.05) is 5.92 Å². The van der Waals surface area contributed by atoms with Crippen molar-refractivity contribution in [1.29, 1.82) is 5.26 Å². The van der Waals surface area contributed by atoms with Crippen molar-refractivity contribution in [3.05, 3.63) is 6.57 Å². The number of nitrogens with one attached hydrogen (secondary N) is 1. The molecule has 0 radical (unpaired) electrons. The highest BCUT2D eigenvalue weighted by atomic mass is 15.1. The van der Waals surface area contributed by atoms with Gasteiger partial charge in [-0.3, -0.25) is 0 Å². The lowest BCUT2D eigenvalue weighted by Gasteiger charge is -2.29. The molecule has 0 aromatic carbocycles. The monoisotopic (exact) mass is 266 g/mol. The first kappa shape index (κ1) is 18.4. The zero-order valence-corrected chi connectivity index (χ0v) is 13.2. The highest BCUT2D eigenvalue weighted by Crippen LogP contribution is 2.13. The van der Waals surface area contributed by atoms with Crippen LogP contribution >= 0.6 is 0 Å². The molecule has 1 aliphatic heterocycles. The van der Waals surface area contributed by atoms with E-state index in [4.69, 9.17) is 11.8 Å². The molecule has 0 amide bonds. The van der Waals surface area contributed by atoms with Crippen LogP contribution in [0.5, 0.6) is 0 Å². The van der Waals surface area contributed by atoms with Crippen LogP contribution in [0.25, 0.3) is 0 Å². The molecule has 0 bridgehead atoms. The van der Waals surface area contributed by atoms with Crippen LogP contribution in [-0.4, -0.2) is 19.6 Å². The van der Waals surface area contributed by atoms with Crippen molar-refractivity contribution in [2.24, 2.45) is 5.92 Å². The first-order chi connectivity index (χ1) is 9.36. The first-order valence-corrected chi connectivity index (χ1v) is 8.42. The van der Waals surface area contributed by atoms with Crippen molar-refractivity contribution >= 4 is 0 Å². The third-order valence-electron chi connectivity index (χ3n) is 4.30. The fraction of sp³-hybridized carbons (Fsp3) is 0.941. The van der Waals surface area contributed by atoms with Gasteiger partial charge < -0.3 is 16.7 Å². The third kappa shape index (κ3) is 9.96. The maximum Gasteiger partial charge on any atom is 0.0799 e. The molecule has 0 aromatic heterocycles. The number of likely N-dealkylation sites (tertiary alicyclic amines) is 1. The Morgan fingerprint density at radius 2 is 1.68 bits per heavy atom. The number of quaternary nitrogens is 1. The van der Waals surface area contributed by atoms with E-state index in [-0.39, 0.29) is 0 Å². The summed E-state index contributed by atoms with van der Waals surface area (Å²) in [5.74, 6) is 1.05. The summed E-state index contributed by atoms with van der Waals surface area (Å²) in [7, 11) is 0. The number of hydrogen-bond donors (Lipinski definition) is 1. The lowest BCUT2D eigenvalue weighted by Crippen LogP contribution is -3.13. The Kier molecular flexibility index (Phi) is 13.5. The molecule has 0 spiro atoms. The molecule has 0 aliphatic carbocycles. The molecule has 0 aromatic rings. The van der Waals surface area contributed by atoms with Gasteiger partial charge in [-0.25, -0.2) is 0 Å². The summed E-state index contributed by atoms with van der Waals surface area (Å²) < 4.78 is 0. The minimum absolute atomic E-state index is 1.05. The molecule has 1 aliphatic rings. The van der Waals surface area contributed by atoms with Gasteiger partial charge in [0.15, 0.2) is 0 Å². The fourth-order valence-electron chi connectivity index (χ4n) is 3.29. The molecular weight excluding hydrogens is 232 g/mol. The average Bonchev–Trinajstić information content (AvgIpc) is 2.46. The maximum atomic E-state index is 6.25. The Hall–Kier alpha value is -0.550. The van der Waals surface area contributed by atoms with E-state index in [0.717, 1.165) is 5.92 Å². The van der Waals surface area contributed by atoms with Crippen LogP contribution in [-0.2, 0) is 0 Å². The van der Waals surface area contributed by atoms with Gasteiger partial charge in [-0.1, -0.05) is 46.0 Å². The van der Waals surface area contributed by atoms with Gasteiger partial charge in [-0.05, 0) is 32.1 Å². The Labute approximate surface area is 121 Å². The van der Waals surface area contributed by atoms with Gasteiger partial charge in [0.1, 0.15) is 0 Å². The van der Waals surface area contributed by atoms with E-state index in [1.807, 2.05) is 4.90 Å². The predicted molar refractivity (Wildman–Crippen MR) is 81.5 cm³/mol. The Morgan fingerprint density at radius 1 is 1.00 bits per heavy atom. The van der Waals surface area contributed by atoms with E-state index in [1.165, 1.54) is 83.8 Å². The molecule has 19 heavy (non-hydrogen) atoms. The highest BCUT2D eigenvalue weighted by molar-refractivity contribution is 4.61. The highest BCUT2D eigenvalue weighted by Gasteiger charge is 2.21. The summed E-state index contributed by atoms with van der Waals surface area (Å²) in [5, 5.41) is 6.25. The summed E-state index contributed by atoms with van der Waals surface area (Å²) in [5.41, 5.74) is 0. The summed E-state index contributed by atoms with van der Waals surface area (Å²) in [6, 6.07) is 0. The summed E-state index contributed by atoms with van der Waals surface area (Å²) in [4.78, 5) is 1.91. The first-order valence-electron chi connectivity index (χ1n) is 8.42. The van der Waals surface area contributed by atoms with Crippen LogP contribution in [0.2, 0.25) is 0 Å². The van der Waals surface area contributed by atoms with Gasteiger partial charge in [-0.15, -0.1) is 0 Å². The molecule has 2 atom stereocenters. The number of piperidine rings is 1. The Bertz CT molecular complexity index is 199. The van der Waals surface area contributed by atoms with Crippen LogP contribution in [0.1, 0.15) is 78.1 Å². The quantitative estimate of drug-likeness (QED) is 0.502. The summed E-state index contributed by atoms with van der Waals surface area (Å²) >= 11 is 0. The zero-order valence-electron chi connectivity index (χ0n) is 13.2. The van der Waals surface area contributed by atoms with Gasteiger partial charge in [0.05, 0.1) is 19.6 Å². The maximum absolute atomic E-state index is 6.25. The summed E-state index contributed by atoms with van der Waals surface area (Å²) in [6.45, 7) is 13.8. The Balaban J connectivity index is 0.00000154. The number of hydrogen-bond acceptors (Lipinski definition) is 1. The lowest BCUT2D eigenvalue weighted by molar-refractivity contribution is -0.909. The molecule has 1 rings (SSSR count). The minimum Gasteiger partial charge on any atom is -0.512 e. The van der Waals surface area contributed by atoms with E-state index in [2.05, 4.69) is 13.8 Å². The Morgan fingerprint density at radius 3 is 2.37 bits per heavy atom. The van der Waals surface area contributed by atoms with Crippen molar-refractivity contribution in [2.75, 3.05) is 19.6 Å². The molecule has 1 heterocycles. The van der Waals surface area contributed by atoms with Crippen LogP contribution < -0.4 is 4.90 Å². The lowest BCUT2D eigenvalue weighted by atomic mass is 9.93. The number of nitrogens with zero attached hydrogens (tertiary/aromatic N) is 1. The standard InChI is InChI=1S/C16H33N.CN/c1-3-5-6-7-8-9-13-17-14-10-12-16(15-17)11-4-2;1-2/h16H,3-15H2,1-2H3;/q;-1/p+1. The number of unbranched alkanes of at least 4 members (excludes halogenated alkanes) is 5. The van der Waals surface area contributed by atoms with E-state index >= 15 is 0 Å². The third-order valence-corrected chi connectivity index (χ3v) is 4.30. The van der Waals surface area contributed by atoms with E-state index in [0.29, 0.717) is 0 Å². The van der Waals surface area contributed by atoms with Crippen molar-refractivity contribution in [1.82, 2.24) is 0 Å². The van der Waals surface area contributed by atoms with Crippen molar-refractivity contribution in [3.8, 4) is 0 Å². The molecule has 0 saturated carbocycles. The molecule has 112 valence electrons. The minimum atomic E-state index is 1.05. The molecule has 2 nitrogen and oxygen atoms in total.